The first-order valence-electron chi connectivity index (χ1n) is 8.33. The molecule has 2 heterocycles. The van der Waals surface area contributed by atoms with E-state index in [0.29, 0.717) is 18.3 Å². The number of methoxy groups -OCH3 is 1. The molecule has 3 rings (SSSR count). The Morgan fingerprint density at radius 2 is 2.17 bits per heavy atom. The van der Waals surface area contributed by atoms with Crippen LogP contribution in [0.15, 0.2) is 42.6 Å². The number of para-hydroxylation sites is 1. The molecule has 0 saturated carbocycles. The highest BCUT2D eigenvalue weighted by Gasteiger charge is 2.21. The van der Waals surface area contributed by atoms with Crippen molar-refractivity contribution >= 4 is 0 Å². The SMILES string of the molecule is COc1ccnc(CN2CCC[C@@H](COc3ccccc3F)C2)c1. The Morgan fingerprint density at radius 1 is 1.29 bits per heavy atom. The number of hydrogen-bond acceptors (Lipinski definition) is 4. The minimum atomic E-state index is -0.300. The Balaban J connectivity index is 1.53. The van der Waals surface area contributed by atoms with Crippen LogP contribution in [0.25, 0.3) is 0 Å². The summed E-state index contributed by atoms with van der Waals surface area (Å²) in [5, 5.41) is 0. The van der Waals surface area contributed by atoms with Crippen molar-refractivity contribution in [3.05, 3.63) is 54.1 Å². The number of likely N-dealkylation sites (tertiary alicyclic amines) is 1. The van der Waals surface area contributed by atoms with Gasteiger partial charge in [0.05, 0.1) is 19.4 Å². The molecule has 4 nitrogen and oxygen atoms in total. The first-order chi connectivity index (χ1) is 11.7. The normalized spacial score (nSPS) is 18.3. The van der Waals surface area contributed by atoms with Crippen molar-refractivity contribution < 1.29 is 13.9 Å². The molecular formula is C19H23FN2O2. The summed E-state index contributed by atoms with van der Waals surface area (Å²) in [7, 11) is 1.66. The standard InChI is InChI=1S/C19H23FN2O2/c1-23-17-8-9-21-16(11-17)13-22-10-4-5-15(12-22)14-24-19-7-3-2-6-18(19)20/h2-3,6-9,11,15H,4-5,10,12-14H2,1H3/t15-/m1/s1. The highest BCUT2D eigenvalue weighted by molar-refractivity contribution is 5.24. The highest BCUT2D eigenvalue weighted by atomic mass is 19.1. The zero-order valence-corrected chi connectivity index (χ0v) is 14.0. The Morgan fingerprint density at radius 3 is 3.00 bits per heavy atom. The highest BCUT2D eigenvalue weighted by Crippen LogP contribution is 2.22. The molecule has 1 aromatic carbocycles. The first-order valence-corrected chi connectivity index (χ1v) is 8.33. The molecule has 0 N–H and O–H groups in total. The van der Waals surface area contributed by atoms with Crippen molar-refractivity contribution in [2.45, 2.75) is 19.4 Å². The molecule has 1 atom stereocenters. The maximum Gasteiger partial charge on any atom is 0.165 e. The third-order valence-corrected chi connectivity index (χ3v) is 4.32. The van der Waals surface area contributed by atoms with E-state index in [9.17, 15) is 4.39 Å². The number of pyridine rings is 1. The molecule has 1 fully saturated rings. The van der Waals surface area contributed by atoms with Gasteiger partial charge in [-0.25, -0.2) is 4.39 Å². The molecule has 5 heteroatoms. The number of ether oxygens (including phenoxy) is 2. The maximum atomic E-state index is 13.6. The molecule has 1 aliphatic heterocycles. The number of halogens is 1. The van der Waals surface area contributed by atoms with Crippen LogP contribution in [0.1, 0.15) is 18.5 Å². The smallest absolute Gasteiger partial charge is 0.165 e. The molecule has 2 aromatic rings. The molecule has 0 bridgehead atoms. The van der Waals surface area contributed by atoms with Gasteiger partial charge in [-0.2, -0.15) is 0 Å². The second-order valence-corrected chi connectivity index (χ2v) is 6.17. The topological polar surface area (TPSA) is 34.6 Å². The average molecular weight is 330 g/mol. The Kier molecular flexibility index (Phi) is 5.64. The lowest BCUT2D eigenvalue weighted by molar-refractivity contribution is 0.122. The van der Waals surface area contributed by atoms with E-state index in [2.05, 4.69) is 9.88 Å². The van der Waals surface area contributed by atoms with Crippen LogP contribution >= 0.6 is 0 Å². The van der Waals surface area contributed by atoms with Crippen LogP contribution in [0.2, 0.25) is 0 Å². The number of aromatic nitrogens is 1. The fourth-order valence-corrected chi connectivity index (χ4v) is 3.10. The van der Waals surface area contributed by atoms with Crippen LogP contribution in [-0.4, -0.2) is 36.7 Å². The van der Waals surface area contributed by atoms with Gasteiger partial charge in [0.1, 0.15) is 5.75 Å². The van der Waals surface area contributed by atoms with Gasteiger partial charge in [-0.15, -0.1) is 0 Å². The second-order valence-electron chi connectivity index (χ2n) is 6.17. The fourth-order valence-electron chi connectivity index (χ4n) is 3.10. The summed E-state index contributed by atoms with van der Waals surface area (Å²) < 4.78 is 24.5. The molecule has 0 radical (unpaired) electrons. The number of rotatable bonds is 6. The third-order valence-electron chi connectivity index (χ3n) is 4.32. The summed E-state index contributed by atoms with van der Waals surface area (Å²) in [6, 6.07) is 10.4. The average Bonchev–Trinajstić information content (AvgIpc) is 2.61. The quantitative estimate of drug-likeness (QED) is 0.812. The van der Waals surface area contributed by atoms with Crippen molar-refractivity contribution in [3.8, 4) is 11.5 Å². The molecule has 1 aromatic heterocycles. The zero-order chi connectivity index (χ0) is 16.8. The first kappa shape index (κ1) is 16.7. The van der Waals surface area contributed by atoms with Gasteiger partial charge in [0.2, 0.25) is 0 Å². The van der Waals surface area contributed by atoms with Crippen LogP contribution in [0.5, 0.6) is 11.5 Å². The summed E-state index contributed by atoms with van der Waals surface area (Å²) in [5.41, 5.74) is 1.00. The molecule has 128 valence electrons. The summed E-state index contributed by atoms with van der Waals surface area (Å²) in [6.07, 6.45) is 4.00. The van der Waals surface area contributed by atoms with E-state index in [0.717, 1.165) is 43.9 Å². The van der Waals surface area contributed by atoms with Crippen molar-refractivity contribution in [1.29, 1.82) is 0 Å². The van der Waals surface area contributed by atoms with Gasteiger partial charge < -0.3 is 9.47 Å². The van der Waals surface area contributed by atoms with Crippen molar-refractivity contribution in [2.24, 2.45) is 5.92 Å². The fraction of sp³-hybridized carbons (Fsp3) is 0.421. The van der Waals surface area contributed by atoms with Crippen molar-refractivity contribution in [1.82, 2.24) is 9.88 Å². The van der Waals surface area contributed by atoms with E-state index in [1.807, 2.05) is 12.1 Å². The molecule has 0 unspecified atom stereocenters. The lowest BCUT2D eigenvalue weighted by Gasteiger charge is -2.32. The molecular weight excluding hydrogens is 307 g/mol. The third kappa shape index (κ3) is 4.45. The van der Waals surface area contributed by atoms with E-state index in [4.69, 9.17) is 9.47 Å². The van der Waals surface area contributed by atoms with Gasteiger partial charge in [0.15, 0.2) is 11.6 Å². The maximum absolute atomic E-state index is 13.6. The van der Waals surface area contributed by atoms with E-state index in [1.54, 1.807) is 31.5 Å². The van der Waals surface area contributed by atoms with Gasteiger partial charge in [-0.1, -0.05) is 12.1 Å². The zero-order valence-electron chi connectivity index (χ0n) is 14.0. The van der Waals surface area contributed by atoms with Gasteiger partial charge in [-0.05, 0) is 37.6 Å². The molecule has 1 saturated heterocycles. The summed E-state index contributed by atoms with van der Waals surface area (Å²) in [6.45, 7) is 3.33. The Hall–Kier alpha value is -2.14. The monoisotopic (exact) mass is 330 g/mol. The Bertz CT molecular complexity index is 665. The second kappa shape index (κ2) is 8.11. The lowest BCUT2D eigenvalue weighted by atomic mass is 9.99. The number of nitrogens with zero attached hydrogens (tertiary/aromatic N) is 2. The van der Waals surface area contributed by atoms with Crippen LogP contribution in [0.4, 0.5) is 4.39 Å². The lowest BCUT2D eigenvalue weighted by Crippen LogP contribution is -2.37. The molecule has 0 aliphatic carbocycles. The van der Waals surface area contributed by atoms with Gasteiger partial charge in [-0.3, -0.25) is 9.88 Å². The summed E-state index contributed by atoms with van der Waals surface area (Å²) in [5.74, 6) is 1.27. The van der Waals surface area contributed by atoms with E-state index < -0.39 is 0 Å². The largest absolute Gasteiger partial charge is 0.497 e. The number of piperidine rings is 1. The predicted molar refractivity (Wildman–Crippen MR) is 90.7 cm³/mol. The predicted octanol–water partition coefficient (Wildman–Crippen LogP) is 3.52. The molecule has 24 heavy (non-hydrogen) atoms. The molecule has 0 amide bonds. The minimum absolute atomic E-state index is 0.300. The number of benzene rings is 1. The summed E-state index contributed by atoms with van der Waals surface area (Å²) >= 11 is 0. The molecule has 0 spiro atoms. The van der Waals surface area contributed by atoms with E-state index in [1.165, 1.54) is 6.07 Å². The van der Waals surface area contributed by atoms with Crippen molar-refractivity contribution in [2.75, 3.05) is 26.8 Å². The van der Waals surface area contributed by atoms with E-state index >= 15 is 0 Å². The van der Waals surface area contributed by atoms with Crippen LogP contribution in [-0.2, 0) is 6.54 Å². The molecule has 1 aliphatic rings. The van der Waals surface area contributed by atoms with Gasteiger partial charge in [0, 0.05) is 31.3 Å². The van der Waals surface area contributed by atoms with Crippen LogP contribution in [0, 0.1) is 11.7 Å². The van der Waals surface area contributed by atoms with Crippen LogP contribution in [0.3, 0.4) is 0 Å². The van der Waals surface area contributed by atoms with E-state index in [-0.39, 0.29) is 5.82 Å². The van der Waals surface area contributed by atoms with Crippen LogP contribution < -0.4 is 9.47 Å². The van der Waals surface area contributed by atoms with Gasteiger partial charge >= 0.3 is 0 Å². The minimum Gasteiger partial charge on any atom is -0.497 e. The summed E-state index contributed by atoms with van der Waals surface area (Å²) in [4.78, 5) is 6.78. The van der Waals surface area contributed by atoms with Gasteiger partial charge in [0.25, 0.3) is 0 Å². The number of hydrogen-bond donors (Lipinski definition) is 0. The Labute approximate surface area is 142 Å². The van der Waals surface area contributed by atoms with Crippen molar-refractivity contribution in [3.63, 3.8) is 0 Å².